The number of benzene rings is 1. The Labute approximate surface area is 81.9 Å². The minimum absolute atomic E-state index is 0.160. The van der Waals surface area contributed by atoms with Crippen molar-refractivity contribution < 1.29 is 20.4 Å². The van der Waals surface area contributed by atoms with E-state index in [0.29, 0.717) is 9.91 Å². The van der Waals surface area contributed by atoms with Crippen LogP contribution in [0.25, 0.3) is 0 Å². The maximum atomic E-state index is 9.14. The Kier molecular flexibility index (Phi) is 2.86. The molecule has 0 amide bonds. The lowest BCUT2D eigenvalue weighted by atomic mass is 10.2. The number of phenols is 3. The molecule has 6 heteroatoms. The third-order valence-corrected chi connectivity index (χ3v) is 2.26. The van der Waals surface area contributed by atoms with Crippen molar-refractivity contribution in [1.29, 1.82) is 0 Å². The maximum absolute atomic E-state index is 9.14. The summed E-state index contributed by atoms with van der Waals surface area (Å²) in [5.41, 5.74) is 0.160. The fraction of sp³-hybridized carbons (Fsp3) is 0. The van der Waals surface area contributed by atoms with Crippen LogP contribution in [0.3, 0.4) is 0 Å². The van der Waals surface area contributed by atoms with Gasteiger partial charge in [0.1, 0.15) is 5.05 Å². The first-order chi connectivity index (χ1) is 6.06. The smallest absolute Gasteiger partial charge is 0.200 e. The lowest BCUT2D eigenvalue weighted by Gasteiger charge is -2.03. The summed E-state index contributed by atoms with van der Waals surface area (Å²) >= 11 is 4.48. The van der Waals surface area contributed by atoms with Gasteiger partial charge in [-0.3, -0.25) is 0 Å². The van der Waals surface area contributed by atoms with Crippen LogP contribution in [-0.2, 0) is 21.1 Å². The van der Waals surface area contributed by atoms with E-state index in [1.165, 1.54) is 0 Å². The normalized spacial score (nSPS) is 9.62. The van der Waals surface area contributed by atoms with Crippen LogP contribution in [0.2, 0.25) is 0 Å². The third kappa shape index (κ3) is 1.97. The average Bonchev–Trinajstić information content (AvgIpc) is 2.12. The van der Waals surface area contributed by atoms with Crippen molar-refractivity contribution in [3.05, 3.63) is 17.7 Å². The van der Waals surface area contributed by atoms with Crippen molar-refractivity contribution in [2.75, 3.05) is 0 Å². The van der Waals surface area contributed by atoms with E-state index in [9.17, 15) is 0 Å². The highest BCUT2D eigenvalue weighted by molar-refractivity contribution is 8.17. The molecule has 0 aliphatic rings. The van der Waals surface area contributed by atoms with Crippen LogP contribution < -0.4 is 0 Å². The second-order valence-electron chi connectivity index (χ2n) is 2.25. The van der Waals surface area contributed by atoms with Crippen molar-refractivity contribution >= 4 is 26.1 Å². The van der Waals surface area contributed by atoms with E-state index < -0.39 is 17.2 Å². The summed E-state index contributed by atoms with van der Waals surface area (Å²) in [5.74, 6) is -1.64. The quantitative estimate of drug-likeness (QED) is 0.405. The van der Waals surface area contributed by atoms with Crippen LogP contribution in [0.15, 0.2) is 12.1 Å². The Balaban J connectivity index is 3.37. The van der Waals surface area contributed by atoms with Gasteiger partial charge in [0.2, 0.25) is 0 Å². The first-order valence-electron chi connectivity index (χ1n) is 3.17. The molecule has 4 nitrogen and oxygen atoms in total. The molecule has 0 bridgehead atoms. The molecule has 0 aliphatic heterocycles. The highest BCUT2D eigenvalue weighted by Crippen LogP contribution is 2.35. The summed E-state index contributed by atoms with van der Waals surface area (Å²) in [6.45, 7) is 0. The molecule has 0 spiro atoms. The predicted octanol–water partition coefficient (Wildman–Crippen LogP) is 0.384. The number of rotatable bonds is 1. The summed E-state index contributed by atoms with van der Waals surface area (Å²) in [6, 6.07) is 2.20. The molecule has 0 heterocycles. The molecule has 70 valence electrons. The molecule has 0 saturated heterocycles. The second kappa shape index (κ2) is 3.73. The van der Waals surface area contributed by atoms with Gasteiger partial charge in [-0.1, -0.05) is 0 Å². The Morgan fingerprint density at radius 2 is 1.62 bits per heavy atom. The standard InChI is InChI=1S/C7H6O4S2/c8-4-1-3(7(11)13-12)2-5(9)6(4)10/h1-2,8-11H. The second-order valence-corrected chi connectivity index (χ2v) is 3.30. The molecule has 13 heavy (non-hydrogen) atoms. The third-order valence-electron chi connectivity index (χ3n) is 1.40. The topological polar surface area (TPSA) is 80.9 Å². The van der Waals surface area contributed by atoms with Crippen LogP contribution in [0.4, 0.5) is 0 Å². The van der Waals surface area contributed by atoms with E-state index in [1.807, 2.05) is 0 Å². The molecule has 1 aromatic rings. The van der Waals surface area contributed by atoms with Gasteiger partial charge >= 0.3 is 0 Å². The number of aliphatic hydroxyl groups is 1. The molecular formula is C7H6O4S2. The van der Waals surface area contributed by atoms with E-state index in [0.717, 1.165) is 12.1 Å². The molecule has 0 fully saturated rings. The molecule has 0 atom stereocenters. The van der Waals surface area contributed by atoms with Crippen LogP contribution in [0.1, 0.15) is 5.56 Å². The van der Waals surface area contributed by atoms with E-state index in [1.54, 1.807) is 0 Å². The number of phenolic OH excluding ortho intramolecular Hbond substituents is 3. The van der Waals surface area contributed by atoms with Gasteiger partial charge in [-0.15, -0.1) is 0 Å². The van der Waals surface area contributed by atoms with Crippen LogP contribution in [0.5, 0.6) is 17.2 Å². The highest BCUT2D eigenvalue weighted by atomic mass is 32.8. The SMILES string of the molecule is OC(=S=S)c1cc(O)c(O)c(O)c1. The molecule has 1 aromatic carbocycles. The van der Waals surface area contributed by atoms with Gasteiger partial charge < -0.3 is 20.4 Å². The molecule has 0 aliphatic carbocycles. The molecule has 0 aromatic heterocycles. The number of hydrogen-bond donors (Lipinski definition) is 4. The Hall–Kier alpha value is -1.11. The Morgan fingerprint density at radius 1 is 1.15 bits per heavy atom. The molecule has 1 rings (SSSR count). The molecule has 0 saturated carbocycles. The minimum atomic E-state index is -0.620. The lowest BCUT2D eigenvalue weighted by molar-refractivity contribution is 0.367. The zero-order valence-electron chi connectivity index (χ0n) is 6.26. The lowest BCUT2D eigenvalue weighted by Crippen LogP contribution is -1.96. The molecule has 0 unspecified atom stereocenters. The highest BCUT2D eigenvalue weighted by Gasteiger charge is 2.09. The summed E-state index contributed by atoms with van der Waals surface area (Å²) in [5, 5.41) is 36.0. The van der Waals surface area contributed by atoms with E-state index in [-0.39, 0.29) is 10.6 Å². The van der Waals surface area contributed by atoms with Gasteiger partial charge in [0, 0.05) is 5.56 Å². The first kappa shape index (κ1) is 9.97. The summed E-state index contributed by atoms with van der Waals surface area (Å²) < 4.78 is 0. The van der Waals surface area contributed by atoms with Gasteiger partial charge in [0.15, 0.2) is 17.2 Å². The minimum Gasteiger partial charge on any atom is -0.504 e. The van der Waals surface area contributed by atoms with Crippen molar-refractivity contribution in [3.63, 3.8) is 0 Å². The van der Waals surface area contributed by atoms with Crippen LogP contribution in [0, 0.1) is 0 Å². The summed E-state index contributed by atoms with van der Waals surface area (Å²) in [7, 11) is 0.653. The van der Waals surface area contributed by atoms with Gasteiger partial charge in [-0.05, 0) is 33.2 Å². The van der Waals surface area contributed by atoms with E-state index in [4.69, 9.17) is 20.4 Å². The van der Waals surface area contributed by atoms with Crippen LogP contribution in [-0.4, -0.2) is 25.5 Å². The summed E-state index contributed by atoms with van der Waals surface area (Å²) in [4.78, 5) is 0. The monoisotopic (exact) mass is 218 g/mol. The zero-order valence-corrected chi connectivity index (χ0v) is 7.89. The van der Waals surface area contributed by atoms with E-state index in [2.05, 4.69) is 11.2 Å². The fourth-order valence-electron chi connectivity index (χ4n) is 0.776. The van der Waals surface area contributed by atoms with Gasteiger partial charge in [0.25, 0.3) is 0 Å². The van der Waals surface area contributed by atoms with Crippen LogP contribution >= 0.6 is 0 Å². The van der Waals surface area contributed by atoms with Crippen molar-refractivity contribution in [1.82, 2.24) is 0 Å². The van der Waals surface area contributed by atoms with Crippen molar-refractivity contribution in [3.8, 4) is 17.2 Å². The number of aromatic hydroxyl groups is 3. The van der Waals surface area contributed by atoms with Crippen molar-refractivity contribution in [2.45, 2.75) is 0 Å². The number of aliphatic hydroxyl groups excluding tert-OH is 1. The van der Waals surface area contributed by atoms with Gasteiger partial charge in [-0.2, -0.15) is 0 Å². The van der Waals surface area contributed by atoms with Crippen molar-refractivity contribution in [2.24, 2.45) is 0 Å². The molecule has 0 radical (unpaired) electrons. The predicted molar refractivity (Wildman–Crippen MR) is 52.9 cm³/mol. The number of hydrogen-bond acceptors (Lipinski definition) is 4. The Bertz CT molecular complexity index is 372. The largest absolute Gasteiger partial charge is 0.504 e. The van der Waals surface area contributed by atoms with Gasteiger partial charge in [0.05, 0.1) is 0 Å². The fourth-order valence-corrected chi connectivity index (χ4v) is 1.28. The first-order valence-corrected chi connectivity index (χ1v) is 4.91. The van der Waals surface area contributed by atoms with Gasteiger partial charge in [-0.25, -0.2) is 0 Å². The molecule has 4 N–H and O–H groups in total. The zero-order chi connectivity index (χ0) is 10.0. The van der Waals surface area contributed by atoms with E-state index >= 15 is 0 Å². The molecular weight excluding hydrogens is 212 g/mol. The average molecular weight is 218 g/mol. The maximum Gasteiger partial charge on any atom is 0.200 e. The Morgan fingerprint density at radius 3 is 2.00 bits per heavy atom. The summed E-state index contributed by atoms with van der Waals surface area (Å²) in [6.07, 6.45) is 0.